The maximum atomic E-state index is 12.1. The van der Waals surface area contributed by atoms with Gasteiger partial charge in [0.15, 0.2) is 5.76 Å². The van der Waals surface area contributed by atoms with Gasteiger partial charge in [-0.1, -0.05) is 18.7 Å². The first-order chi connectivity index (χ1) is 9.61. The highest BCUT2D eigenvalue weighted by atomic mass is 16.7. The predicted octanol–water partition coefficient (Wildman–Crippen LogP) is 2.23. The Kier molecular flexibility index (Phi) is 2.79. The summed E-state index contributed by atoms with van der Waals surface area (Å²) in [5.74, 6) is -0.410. The normalized spacial score (nSPS) is 20.5. The maximum absolute atomic E-state index is 12.1. The second-order valence-corrected chi connectivity index (χ2v) is 4.56. The van der Waals surface area contributed by atoms with Crippen LogP contribution in [0.1, 0.15) is 5.56 Å². The summed E-state index contributed by atoms with van der Waals surface area (Å²) in [6.45, 7) is 3.79. The van der Waals surface area contributed by atoms with Crippen LogP contribution in [0.3, 0.4) is 0 Å². The number of benzene rings is 1. The van der Waals surface area contributed by atoms with E-state index in [4.69, 9.17) is 18.6 Å². The Bertz CT molecular complexity index is 746. The van der Waals surface area contributed by atoms with Crippen molar-refractivity contribution in [2.45, 2.75) is 12.2 Å². The first-order valence-corrected chi connectivity index (χ1v) is 6.13. The quantitative estimate of drug-likeness (QED) is 0.634. The Morgan fingerprint density at radius 3 is 2.80 bits per heavy atom. The Labute approximate surface area is 115 Å². The van der Waals surface area contributed by atoms with Crippen molar-refractivity contribution in [3.05, 3.63) is 52.6 Å². The third-order valence-electron chi connectivity index (χ3n) is 3.53. The highest BCUT2D eigenvalue weighted by Crippen LogP contribution is 2.41. The second kappa shape index (κ2) is 4.38. The molecule has 1 unspecified atom stereocenters. The second-order valence-electron chi connectivity index (χ2n) is 4.56. The molecule has 1 aromatic heterocycles. The summed E-state index contributed by atoms with van der Waals surface area (Å²) in [5, 5.41) is 0.727. The molecule has 0 saturated carbocycles. The molecule has 0 amide bonds. The van der Waals surface area contributed by atoms with Gasteiger partial charge in [0.1, 0.15) is 11.3 Å². The fourth-order valence-corrected chi connectivity index (χ4v) is 2.40. The molecule has 1 aromatic carbocycles. The number of hydrogen-bond acceptors (Lipinski definition) is 5. The number of rotatable bonds is 3. The summed E-state index contributed by atoms with van der Waals surface area (Å²) in [6, 6.07) is 7.20. The van der Waals surface area contributed by atoms with Crippen LogP contribution >= 0.6 is 0 Å². The Hall–Kier alpha value is -2.27. The van der Waals surface area contributed by atoms with E-state index in [1.54, 1.807) is 12.1 Å². The summed E-state index contributed by atoms with van der Waals surface area (Å²) in [7, 11) is 2.97. The monoisotopic (exact) mass is 274 g/mol. The minimum absolute atomic E-state index is 0.207. The van der Waals surface area contributed by atoms with Gasteiger partial charge in [-0.2, -0.15) is 0 Å². The molecule has 0 radical (unpaired) electrons. The maximum Gasteiger partial charge on any atom is 0.343 e. The van der Waals surface area contributed by atoms with E-state index in [0.29, 0.717) is 22.7 Å². The molecular formula is C15H14O5. The number of hydrogen-bond donors (Lipinski definition) is 0. The van der Waals surface area contributed by atoms with Gasteiger partial charge < -0.3 is 18.6 Å². The highest BCUT2D eigenvalue weighted by Gasteiger charge is 2.46. The summed E-state index contributed by atoms with van der Waals surface area (Å²) in [4.78, 5) is 12.1. The number of methoxy groups -OCH3 is 2. The third-order valence-corrected chi connectivity index (χ3v) is 3.53. The standard InChI is InChI=1S/C15H14O5/c1-9(17-2)15(18-3)8-11-13(20-15)10-6-4-5-7-12(10)19-14(11)16/h4-7H,1,8H2,2-3H3. The lowest BCUT2D eigenvalue weighted by Crippen LogP contribution is -2.39. The van der Waals surface area contributed by atoms with E-state index in [2.05, 4.69) is 6.58 Å². The molecule has 0 bridgehead atoms. The topological polar surface area (TPSA) is 57.9 Å². The van der Waals surface area contributed by atoms with Gasteiger partial charge in [-0.25, -0.2) is 4.79 Å². The summed E-state index contributed by atoms with van der Waals surface area (Å²) < 4.78 is 21.7. The molecule has 0 saturated heterocycles. The van der Waals surface area contributed by atoms with Crippen LogP contribution in [0.5, 0.6) is 5.75 Å². The highest BCUT2D eigenvalue weighted by molar-refractivity contribution is 5.85. The minimum Gasteiger partial charge on any atom is -0.495 e. The van der Waals surface area contributed by atoms with Crippen LogP contribution in [0.25, 0.3) is 11.0 Å². The molecule has 3 rings (SSSR count). The predicted molar refractivity (Wildman–Crippen MR) is 72.7 cm³/mol. The van der Waals surface area contributed by atoms with Gasteiger partial charge in [-0.05, 0) is 12.1 Å². The van der Waals surface area contributed by atoms with E-state index in [-0.39, 0.29) is 6.42 Å². The molecule has 5 nitrogen and oxygen atoms in total. The molecule has 0 fully saturated rings. The van der Waals surface area contributed by atoms with Crippen molar-refractivity contribution < 1.29 is 18.6 Å². The number of para-hydroxylation sites is 1. The van der Waals surface area contributed by atoms with Crippen molar-refractivity contribution in [1.29, 1.82) is 0 Å². The van der Waals surface area contributed by atoms with Crippen LogP contribution < -0.4 is 10.4 Å². The zero-order valence-corrected chi connectivity index (χ0v) is 11.3. The molecule has 20 heavy (non-hydrogen) atoms. The van der Waals surface area contributed by atoms with Crippen LogP contribution in [0.15, 0.2) is 45.8 Å². The average molecular weight is 274 g/mol. The molecule has 1 aliphatic heterocycles. The van der Waals surface area contributed by atoms with Crippen molar-refractivity contribution in [2.24, 2.45) is 0 Å². The van der Waals surface area contributed by atoms with Crippen molar-refractivity contribution in [3.8, 4) is 5.75 Å². The molecule has 104 valence electrons. The first kappa shape index (κ1) is 12.7. The van der Waals surface area contributed by atoms with Crippen LogP contribution in [0, 0.1) is 0 Å². The van der Waals surface area contributed by atoms with E-state index >= 15 is 0 Å². The fraction of sp³-hybridized carbons (Fsp3) is 0.267. The minimum atomic E-state index is -1.18. The van der Waals surface area contributed by atoms with Crippen molar-refractivity contribution in [2.75, 3.05) is 14.2 Å². The summed E-state index contributed by atoms with van der Waals surface area (Å²) >= 11 is 0. The third kappa shape index (κ3) is 1.63. The smallest absolute Gasteiger partial charge is 0.343 e. The molecule has 2 aromatic rings. The largest absolute Gasteiger partial charge is 0.495 e. The van der Waals surface area contributed by atoms with Crippen LogP contribution in [-0.2, 0) is 15.9 Å². The van der Waals surface area contributed by atoms with Gasteiger partial charge in [-0.15, -0.1) is 0 Å². The molecule has 5 heteroatoms. The zero-order chi connectivity index (χ0) is 14.3. The Morgan fingerprint density at radius 1 is 1.35 bits per heavy atom. The van der Waals surface area contributed by atoms with Crippen LogP contribution in [0.4, 0.5) is 0 Å². The van der Waals surface area contributed by atoms with Gasteiger partial charge in [-0.3, -0.25) is 0 Å². The lowest BCUT2D eigenvalue weighted by Gasteiger charge is -2.27. The first-order valence-electron chi connectivity index (χ1n) is 6.13. The van der Waals surface area contributed by atoms with Crippen molar-refractivity contribution in [1.82, 2.24) is 0 Å². The summed E-state index contributed by atoms with van der Waals surface area (Å²) in [5.41, 5.74) is 0.483. The Morgan fingerprint density at radius 2 is 2.10 bits per heavy atom. The van der Waals surface area contributed by atoms with Crippen LogP contribution in [0.2, 0.25) is 0 Å². The van der Waals surface area contributed by atoms with Crippen molar-refractivity contribution in [3.63, 3.8) is 0 Å². The summed E-state index contributed by atoms with van der Waals surface area (Å²) in [6.07, 6.45) is 0.207. The van der Waals surface area contributed by atoms with E-state index in [1.807, 2.05) is 12.1 Å². The van der Waals surface area contributed by atoms with E-state index in [1.165, 1.54) is 14.2 Å². The molecule has 0 spiro atoms. The zero-order valence-electron chi connectivity index (χ0n) is 11.3. The molecule has 1 aliphatic rings. The van der Waals surface area contributed by atoms with Gasteiger partial charge >= 0.3 is 5.63 Å². The van der Waals surface area contributed by atoms with Gasteiger partial charge in [0, 0.05) is 7.11 Å². The van der Waals surface area contributed by atoms with E-state index < -0.39 is 11.4 Å². The molecular weight excluding hydrogens is 260 g/mol. The lowest BCUT2D eigenvalue weighted by atomic mass is 10.1. The van der Waals surface area contributed by atoms with E-state index in [0.717, 1.165) is 5.39 Å². The van der Waals surface area contributed by atoms with Crippen molar-refractivity contribution >= 4 is 11.0 Å². The number of fused-ring (bicyclic) bond motifs is 3. The van der Waals surface area contributed by atoms with Gasteiger partial charge in [0.2, 0.25) is 0 Å². The SMILES string of the molecule is C=C(OC)C1(OC)Cc2c(c3ccccc3oc2=O)O1. The lowest BCUT2D eigenvalue weighted by molar-refractivity contribution is -0.144. The number of ether oxygens (including phenoxy) is 3. The molecule has 0 aliphatic carbocycles. The molecule has 1 atom stereocenters. The molecule has 2 heterocycles. The average Bonchev–Trinajstić information content (AvgIpc) is 2.89. The fourth-order valence-electron chi connectivity index (χ4n) is 2.40. The Balaban J connectivity index is 2.23. The molecule has 0 N–H and O–H groups in total. The van der Waals surface area contributed by atoms with Gasteiger partial charge in [0.25, 0.3) is 5.79 Å². The van der Waals surface area contributed by atoms with Crippen LogP contribution in [-0.4, -0.2) is 20.0 Å². The van der Waals surface area contributed by atoms with E-state index in [9.17, 15) is 4.79 Å². The van der Waals surface area contributed by atoms with Gasteiger partial charge in [0.05, 0.1) is 24.5 Å².